The first-order chi connectivity index (χ1) is 31.4. The van der Waals surface area contributed by atoms with Crippen LogP contribution in [0.25, 0.3) is 77.5 Å². The van der Waals surface area contributed by atoms with Crippen LogP contribution in [0.2, 0.25) is 0 Å². The van der Waals surface area contributed by atoms with Gasteiger partial charge in [0.1, 0.15) is 11.6 Å². The third-order valence-electron chi connectivity index (χ3n) is 13.5. The van der Waals surface area contributed by atoms with Crippen LogP contribution in [0.4, 0.5) is 11.6 Å². The minimum atomic E-state index is -0.952. The summed E-state index contributed by atoms with van der Waals surface area (Å²) in [6.07, 6.45) is 0. The van der Waals surface area contributed by atoms with Gasteiger partial charge in [-0.05, 0) is 72.8 Å². The third-order valence-corrected chi connectivity index (χ3v) is 13.5. The Morgan fingerprint density at radius 2 is 0.609 bits per heavy atom. The van der Waals surface area contributed by atoms with E-state index in [4.69, 9.17) is 9.97 Å². The number of carbonyl (C=O) groups excluding carboxylic acids is 4. The van der Waals surface area contributed by atoms with E-state index in [-0.39, 0.29) is 11.6 Å². The number of amides is 4. The number of rotatable bonds is 6. The fourth-order valence-corrected chi connectivity index (χ4v) is 10.6. The van der Waals surface area contributed by atoms with Crippen LogP contribution in [-0.2, 0) is 19.2 Å². The van der Waals surface area contributed by atoms with Crippen molar-refractivity contribution in [3.8, 4) is 33.9 Å². The van der Waals surface area contributed by atoms with E-state index >= 15 is 0 Å². The Hall–Kier alpha value is -8.50. The van der Waals surface area contributed by atoms with Gasteiger partial charge in [-0.2, -0.15) is 0 Å². The molecule has 13 rings (SSSR count). The number of benzene rings is 6. The Bertz CT molecular complexity index is 3250. The number of imide groups is 2. The highest BCUT2D eigenvalue weighted by atomic mass is 16.2. The third kappa shape index (κ3) is 5.01. The molecule has 1 aliphatic carbocycles. The van der Waals surface area contributed by atoms with Crippen molar-refractivity contribution >= 4 is 78.9 Å². The van der Waals surface area contributed by atoms with E-state index in [1.165, 1.54) is 21.5 Å². The van der Waals surface area contributed by atoms with E-state index in [1.807, 2.05) is 109 Å². The zero-order chi connectivity index (χ0) is 42.8. The monoisotopic (exact) mass is 830 g/mol. The Morgan fingerprint density at radius 3 is 0.922 bits per heavy atom. The van der Waals surface area contributed by atoms with Crippen LogP contribution in [0.3, 0.4) is 0 Å². The van der Waals surface area contributed by atoms with E-state index < -0.39 is 47.3 Å². The predicted octanol–water partition coefficient (Wildman–Crippen LogP) is 9.93. The molecule has 0 N–H and O–H groups in total. The van der Waals surface area contributed by atoms with Gasteiger partial charge in [0, 0.05) is 44.0 Å². The quantitative estimate of drug-likeness (QED) is 0.154. The summed E-state index contributed by atoms with van der Waals surface area (Å²) in [7, 11) is 0. The number of fused-ring (bicyclic) bond motifs is 10. The molecule has 6 aromatic carbocycles. The van der Waals surface area contributed by atoms with Crippen LogP contribution in [0.15, 0.2) is 182 Å². The lowest BCUT2D eigenvalue weighted by molar-refractivity contribution is -0.146. The molecule has 6 heterocycles. The van der Waals surface area contributed by atoms with Gasteiger partial charge in [0.05, 0.1) is 57.1 Å². The first-order valence-corrected chi connectivity index (χ1v) is 21.3. The highest BCUT2D eigenvalue weighted by Gasteiger charge is 2.74. The summed E-state index contributed by atoms with van der Waals surface area (Å²) < 4.78 is 4.46. The highest BCUT2D eigenvalue weighted by Crippen LogP contribution is 2.57. The van der Waals surface area contributed by atoms with Crippen molar-refractivity contribution in [2.45, 2.75) is 0 Å². The number of para-hydroxylation sites is 4. The molecule has 4 amide bonds. The maximum absolute atomic E-state index is 14.1. The molecule has 2 saturated heterocycles. The van der Waals surface area contributed by atoms with Gasteiger partial charge in [-0.15, -0.1) is 0 Å². The molecule has 2 aliphatic heterocycles. The number of nitrogens with zero attached hydrogens (tertiary/aromatic N) is 6. The Morgan fingerprint density at radius 1 is 0.312 bits per heavy atom. The van der Waals surface area contributed by atoms with Gasteiger partial charge in [0.2, 0.25) is 23.6 Å². The maximum atomic E-state index is 14.1. The number of hydrogen-bond acceptors (Lipinski definition) is 6. The summed E-state index contributed by atoms with van der Waals surface area (Å²) >= 11 is 0. The fourth-order valence-electron chi connectivity index (χ4n) is 10.6. The minimum absolute atomic E-state index is 0.168. The lowest BCUT2D eigenvalue weighted by Gasteiger charge is -2.36. The van der Waals surface area contributed by atoms with Gasteiger partial charge in [0.15, 0.2) is 0 Å². The standard InChI is InChI=1S/C54H34N6O4/c61-51-47-48(52(62)59(51)45-21-9-15-39(55-45)31-23-27-33(28-24-31)57-41-17-5-1-11-35(41)36-12-2-6-18-42(36)57)50-49(47)53(63)60(54(50)64)46-22-10-16-40(56-46)32-25-29-34(30-26-32)58-43-19-7-3-13-37(43)38-14-4-8-20-44(38)58/h1-30,47-50H. The summed E-state index contributed by atoms with van der Waals surface area (Å²) in [5, 5.41) is 4.69. The van der Waals surface area contributed by atoms with Crippen molar-refractivity contribution in [2.75, 3.05) is 9.80 Å². The maximum Gasteiger partial charge on any atom is 0.239 e. The summed E-state index contributed by atoms with van der Waals surface area (Å²) in [5.41, 5.74) is 9.15. The van der Waals surface area contributed by atoms with E-state index in [0.717, 1.165) is 54.4 Å². The van der Waals surface area contributed by atoms with Crippen molar-refractivity contribution in [2.24, 2.45) is 23.7 Å². The smallest absolute Gasteiger partial charge is 0.239 e. The van der Waals surface area contributed by atoms with Crippen molar-refractivity contribution in [3.63, 3.8) is 0 Å². The average molecular weight is 831 g/mol. The molecule has 10 nitrogen and oxygen atoms in total. The molecule has 0 unspecified atom stereocenters. The molecule has 0 atom stereocenters. The fraction of sp³-hybridized carbons (Fsp3) is 0.0741. The number of hydrogen-bond donors (Lipinski definition) is 0. The summed E-state index contributed by atoms with van der Waals surface area (Å²) in [4.78, 5) is 68.1. The first-order valence-electron chi connectivity index (χ1n) is 21.3. The van der Waals surface area contributed by atoms with Crippen molar-refractivity contribution in [1.82, 2.24) is 19.1 Å². The highest BCUT2D eigenvalue weighted by molar-refractivity contribution is 6.32. The SMILES string of the molecule is O=C1C2C(C(=O)N1c1cccc(-c3ccc(-n4c5ccccc5c5ccccc54)cc3)n1)C1C(=O)N(c3cccc(-c4ccc(-n5c6ccccc6c6ccccc65)cc4)n3)C(=O)C21. The Kier molecular flexibility index (Phi) is 7.63. The van der Waals surface area contributed by atoms with Crippen molar-refractivity contribution in [1.29, 1.82) is 0 Å². The Balaban J connectivity index is 0.753. The molecule has 4 aromatic heterocycles. The lowest BCUT2D eigenvalue weighted by Crippen LogP contribution is -2.50. The van der Waals surface area contributed by atoms with Crippen LogP contribution in [-0.4, -0.2) is 42.7 Å². The molecule has 3 fully saturated rings. The molecular formula is C54H34N6O4. The molecule has 10 heteroatoms. The van der Waals surface area contributed by atoms with Gasteiger partial charge in [-0.3, -0.25) is 19.2 Å². The largest absolute Gasteiger partial charge is 0.309 e. The topological polar surface area (TPSA) is 110 Å². The second-order valence-corrected chi connectivity index (χ2v) is 16.7. The number of anilines is 2. The number of carbonyl (C=O) groups is 4. The van der Waals surface area contributed by atoms with Crippen LogP contribution in [0.5, 0.6) is 0 Å². The van der Waals surface area contributed by atoms with Crippen LogP contribution in [0, 0.1) is 23.7 Å². The minimum Gasteiger partial charge on any atom is -0.309 e. The Labute approximate surface area is 365 Å². The zero-order valence-corrected chi connectivity index (χ0v) is 33.9. The van der Waals surface area contributed by atoms with Crippen molar-refractivity contribution < 1.29 is 19.2 Å². The second kappa shape index (κ2) is 13.5. The van der Waals surface area contributed by atoms with Gasteiger partial charge in [-0.1, -0.05) is 109 Å². The zero-order valence-electron chi connectivity index (χ0n) is 33.9. The lowest BCUT2D eigenvalue weighted by atomic mass is 9.59. The molecule has 0 bridgehead atoms. The van der Waals surface area contributed by atoms with Crippen LogP contribution < -0.4 is 9.80 Å². The van der Waals surface area contributed by atoms with Crippen LogP contribution in [0.1, 0.15) is 0 Å². The summed E-state index contributed by atoms with van der Waals surface area (Å²) in [6.45, 7) is 0. The molecule has 3 aliphatic rings. The van der Waals surface area contributed by atoms with E-state index in [2.05, 4.69) is 57.7 Å². The molecule has 304 valence electrons. The van der Waals surface area contributed by atoms with E-state index in [9.17, 15) is 19.2 Å². The molecule has 64 heavy (non-hydrogen) atoms. The van der Waals surface area contributed by atoms with Crippen molar-refractivity contribution in [3.05, 3.63) is 182 Å². The first kappa shape index (κ1) is 36.2. The van der Waals surface area contributed by atoms with E-state index in [1.54, 1.807) is 24.3 Å². The molecule has 0 radical (unpaired) electrons. The van der Waals surface area contributed by atoms with E-state index in [0.29, 0.717) is 11.4 Å². The predicted molar refractivity (Wildman–Crippen MR) is 247 cm³/mol. The number of pyridine rings is 2. The van der Waals surface area contributed by atoms with Gasteiger partial charge in [-0.25, -0.2) is 19.8 Å². The summed E-state index contributed by atoms with van der Waals surface area (Å²) in [5.74, 6) is -5.54. The molecular weight excluding hydrogens is 797 g/mol. The van der Waals surface area contributed by atoms with Gasteiger partial charge >= 0.3 is 0 Å². The molecule has 0 spiro atoms. The normalized spacial score (nSPS) is 19.3. The van der Waals surface area contributed by atoms with Gasteiger partial charge < -0.3 is 9.13 Å². The average Bonchev–Trinajstić information content (AvgIpc) is 3.97. The molecule has 1 saturated carbocycles. The van der Waals surface area contributed by atoms with Gasteiger partial charge in [0.25, 0.3) is 0 Å². The second-order valence-electron chi connectivity index (χ2n) is 16.7. The van der Waals surface area contributed by atoms with Crippen LogP contribution >= 0.6 is 0 Å². The summed E-state index contributed by atoms with van der Waals surface area (Å²) in [6, 6.07) is 59.8. The number of aromatic nitrogens is 4. The molecule has 10 aromatic rings.